The maximum Gasteiger partial charge on any atom is 0.268 e. The lowest BCUT2D eigenvalue weighted by molar-refractivity contribution is -0.120. The van der Waals surface area contributed by atoms with E-state index in [0.717, 1.165) is 16.6 Å². The Hall–Kier alpha value is -1.82. The largest absolute Gasteiger partial charge is 0.355 e. The first-order chi connectivity index (χ1) is 9.99. The molecule has 2 heterocycles. The fourth-order valence-electron chi connectivity index (χ4n) is 2.08. The van der Waals surface area contributed by atoms with Crippen LogP contribution in [0.15, 0.2) is 17.5 Å². The third-order valence-electron chi connectivity index (χ3n) is 3.35. The van der Waals surface area contributed by atoms with E-state index in [1.165, 1.54) is 0 Å². The van der Waals surface area contributed by atoms with Crippen molar-refractivity contribution < 1.29 is 9.59 Å². The van der Waals surface area contributed by atoms with Gasteiger partial charge in [-0.2, -0.15) is 0 Å². The number of amides is 2. The van der Waals surface area contributed by atoms with Crippen molar-refractivity contribution in [3.8, 4) is 0 Å². The Kier molecular flexibility index (Phi) is 5.01. The monoisotopic (exact) mass is 307 g/mol. The molecule has 21 heavy (non-hydrogen) atoms. The van der Waals surface area contributed by atoms with Crippen LogP contribution in [0, 0.1) is 5.92 Å². The summed E-state index contributed by atoms with van der Waals surface area (Å²) in [6.45, 7) is 4.87. The molecule has 2 amide bonds. The highest BCUT2D eigenvalue weighted by molar-refractivity contribution is 7.17. The number of hydrogen-bond acceptors (Lipinski definition) is 3. The first kappa shape index (κ1) is 15.6. The van der Waals surface area contributed by atoms with Crippen molar-refractivity contribution >= 4 is 33.4 Å². The van der Waals surface area contributed by atoms with Crippen LogP contribution in [0.3, 0.4) is 0 Å². The van der Waals surface area contributed by atoms with E-state index in [1.807, 2.05) is 29.1 Å². The summed E-state index contributed by atoms with van der Waals surface area (Å²) in [7, 11) is 1.85. The highest BCUT2D eigenvalue weighted by Crippen LogP contribution is 2.23. The first-order valence-electron chi connectivity index (χ1n) is 7.07. The van der Waals surface area contributed by atoms with Crippen LogP contribution < -0.4 is 10.6 Å². The van der Waals surface area contributed by atoms with Gasteiger partial charge in [0.25, 0.3) is 5.91 Å². The molecule has 0 spiro atoms. The molecule has 0 unspecified atom stereocenters. The molecule has 114 valence electrons. The Balaban J connectivity index is 1.85. The van der Waals surface area contributed by atoms with Gasteiger partial charge in [0.05, 0.1) is 16.8 Å². The van der Waals surface area contributed by atoms with Gasteiger partial charge < -0.3 is 15.2 Å². The van der Waals surface area contributed by atoms with Crippen LogP contribution in [-0.4, -0.2) is 29.5 Å². The lowest BCUT2D eigenvalue weighted by Gasteiger charge is -2.08. The Bertz CT molecular complexity index is 642. The minimum Gasteiger partial charge on any atom is -0.355 e. The zero-order chi connectivity index (χ0) is 15.4. The first-order valence-corrected chi connectivity index (χ1v) is 7.95. The molecular weight excluding hydrogens is 286 g/mol. The van der Waals surface area contributed by atoms with Crippen LogP contribution >= 0.6 is 11.3 Å². The summed E-state index contributed by atoms with van der Waals surface area (Å²) >= 11 is 1.60. The highest BCUT2D eigenvalue weighted by Gasteiger charge is 2.14. The van der Waals surface area contributed by atoms with Crippen molar-refractivity contribution in [2.75, 3.05) is 13.1 Å². The number of nitrogens with one attached hydrogen (secondary N) is 2. The molecule has 0 radical (unpaired) electrons. The van der Waals surface area contributed by atoms with Gasteiger partial charge in [0.2, 0.25) is 5.91 Å². The molecule has 0 bridgehead atoms. The number of carbonyl (C=O) groups is 2. The van der Waals surface area contributed by atoms with Crippen LogP contribution in [0.4, 0.5) is 0 Å². The number of nitrogens with zero attached hydrogens (tertiary/aromatic N) is 1. The van der Waals surface area contributed by atoms with Gasteiger partial charge in [0.1, 0.15) is 5.69 Å². The average Bonchev–Trinajstić information content (AvgIpc) is 2.99. The Morgan fingerprint density at radius 1 is 1.33 bits per heavy atom. The SMILES string of the molecule is CC(C)CCNC(=O)CNC(=O)c1cc2sccc2n1C. The van der Waals surface area contributed by atoms with Gasteiger partial charge >= 0.3 is 0 Å². The van der Waals surface area contributed by atoms with Crippen molar-refractivity contribution in [1.82, 2.24) is 15.2 Å². The van der Waals surface area contributed by atoms with E-state index < -0.39 is 0 Å². The molecule has 0 saturated heterocycles. The predicted octanol–water partition coefficient (Wildman–Crippen LogP) is 2.13. The second kappa shape index (κ2) is 6.76. The van der Waals surface area contributed by atoms with E-state index in [1.54, 1.807) is 11.3 Å². The van der Waals surface area contributed by atoms with E-state index in [9.17, 15) is 9.59 Å². The molecular formula is C15H21N3O2S. The molecule has 0 aliphatic rings. The van der Waals surface area contributed by atoms with Crippen LogP contribution in [0.2, 0.25) is 0 Å². The normalized spacial score (nSPS) is 11.0. The van der Waals surface area contributed by atoms with Crippen molar-refractivity contribution in [3.05, 3.63) is 23.2 Å². The van der Waals surface area contributed by atoms with E-state index in [-0.39, 0.29) is 18.4 Å². The Morgan fingerprint density at radius 2 is 2.10 bits per heavy atom. The fraction of sp³-hybridized carbons (Fsp3) is 0.467. The summed E-state index contributed by atoms with van der Waals surface area (Å²) in [6.07, 6.45) is 0.938. The molecule has 0 saturated carbocycles. The third kappa shape index (κ3) is 3.85. The maximum atomic E-state index is 12.1. The van der Waals surface area contributed by atoms with Crippen molar-refractivity contribution in [2.24, 2.45) is 13.0 Å². The summed E-state index contributed by atoms with van der Waals surface area (Å²) in [5.74, 6) is 0.177. The summed E-state index contributed by atoms with van der Waals surface area (Å²) < 4.78 is 2.92. The van der Waals surface area contributed by atoms with E-state index in [2.05, 4.69) is 24.5 Å². The number of rotatable bonds is 6. The molecule has 2 N–H and O–H groups in total. The topological polar surface area (TPSA) is 63.1 Å². The molecule has 2 aromatic rings. The lowest BCUT2D eigenvalue weighted by atomic mass is 10.1. The van der Waals surface area contributed by atoms with Crippen LogP contribution in [0.25, 0.3) is 10.2 Å². The molecule has 6 heteroatoms. The van der Waals surface area contributed by atoms with Crippen molar-refractivity contribution in [1.29, 1.82) is 0 Å². The van der Waals surface area contributed by atoms with Crippen LogP contribution in [0.5, 0.6) is 0 Å². The molecule has 0 aliphatic heterocycles. The lowest BCUT2D eigenvalue weighted by Crippen LogP contribution is -2.38. The van der Waals surface area contributed by atoms with Crippen molar-refractivity contribution in [2.45, 2.75) is 20.3 Å². The molecule has 0 fully saturated rings. The fourth-order valence-corrected chi connectivity index (χ4v) is 2.93. The summed E-state index contributed by atoms with van der Waals surface area (Å²) in [6, 6.07) is 3.83. The minimum atomic E-state index is -0.222. The molecule has 2 aromatic heterocycles. The van der Waals surface area contributed by atoms with Gasteiger partial charge in [-0.15, -0.1) is 11.3 Å². The number of aromatic nitrogens is 1. The predicted molar refractivity (Wildman–Crippen MR) is 85.6 cm³/mol. The van der Waals surface area contributed by atoms with E-state index >= 15 is 0 Å². The quantitative estimate of drug-likeness (QED) is 0.859. The Labute approximate surface area is 128 Å². The molecule has 0 aromatic carbocycles. The van der Waals surface area contributed by atoms with Gasteiger partial charge in [-0.3, -0.25) is 9.59 Å². The van der Waals surface area contributed by atoms with Crippen LogP contribution in [0.1, 0.15) is 30.8 Å². The van der Waals surface area contributed by atoms with Crippen LogP contribution in [-0.2, 0) is 11.8 Å². The van der Waals surface area contributed by atoms with Gasteiger partial charge in [-0.05, 0) is 29.9 Å². The standard InChI is InChI=1S/C15H21N3O2S/c1-10(2)4-6-16-14(19)9-17-15(20)12-8-13-11(18(12)3)5-7-21-13/h5,7-8,10H,4,6,9H2,1-3H3,(H,16,19)(H,17,20). The minimum absolute atomic E-state index is 0.00968. The van der Waals surface area contributed by atoms with Gasteiger partial charge in [-0.25, -0.2) is 0 Å². The van der Waals surface area contributed by atoms with Gasteiger partial charge in [-0.1, -0.05) is 13.8 Å². The summed E-state index contributed by atoms with van der Waals surface area (Å²) in [5.41, 5.74) is 1.61. The number of carbonyl (C=O) groups excluding carboxylic acids is 2. The molecule has 0 aliphatic carbocycles. The number of fused-ring (bicyclic) bond motifs is 1. The van der Waals surface area contributed by atoms with E-state index in [0.29, 0.717) is 18.2 Å². The second-order valence-corrected chi connectivity index (χ2v) is 6.42. The zero-order valence-corrected chi connectivity index (χ0v) is 13.4. The number of aryl methyl sites for hydroxylation is 1. The zero-order valence-electron chi connectivity index (χ0n) is 12.6. The third-order valence-corrected chi connectivity index (χ3v) is 4.20. The Morgan fingerprint density at radius 3 is 2.76 bits per heavy atom. The highest BCUT2D eigenvalue weighted by atomic mass is 32.1. The summed E-state index contributed by atoms with van der Waals surface area (Å²) in [5, 5.41) is 7.45. The van der Waals surface area contributed by atoms with Gasteiger partial charge in [0, 0.05) is 13.6 Å². The smallest absolute Gasteiger partial charge is 0.268 e. The maximum absolute atomic E-state index is 12.1. The number of hydrogen-bond donors (Lipinski definition) is 2. The number of thiophene rings is 1. The molecule has 5 nitrogen and oxygen atoms in total. The average molecular weight is 307 g/mol. The molecule has 2 rings (SSSR count). The van der Waals surface area contributed by atoms with Crippen molar-refractivity contribution in [3.63, 3.8) is 0 Å². The molecule has 0 atom stereocenters. The van der Waals surface area contributed by atoms with Gasteiger partial charge in [0.15, 0.2) is 0 Å². The second-order valence-electron chi connectivity index (χ2n) is 5.47. The summed E-state index contributed by atoms with van der Waals surface area (Å²) in [4.78, 5) is 23.7. The van der Waals surface area contributed by atoms with E-state index in [4.69, 9.17) is 0 Å².